The number of anilines is 2. The lowest BCUT2D eigenvalue weighted by molar-refractivity contribution is -0.125. The molecule has 0 aliphatic rings. The molecule has 0 aliphatic carbocycles. The number of hydrogen-bond donors (Lipinski definition) is 2. The maximum absolute atomic E-state index is 11.8. The van der Waals surface area contributed by atoms with Crippen LogP contribution >= 0.6 is 0 Å². The highest BCUT2D eigenvalue weighted by Crippen LogP contribution is 2.20. The Kier molecular flexibility index (Phi) is 5.27. The van der Waals surface area contributed by atoms with Crippen LogP contribution in [-0.2, 0) is 14.3 Å². The van der Waals surface area contributed by atoms with Gasteiger partial charge in [0.1, 0.15) is 6.61 Å². The highest BCUT2D eigenvalue weighted by Gasteiger charge is 2.13. The molecule has 5 nitrogen and oxygen atoms in total. The lowest BCUT2D eigenvalue weighted by atomic mass is 10.1. The van der Waals surface area contributed by atoms with E-state index in [4.69, 9.17) is 4.74 Å². The van der Waals surface area contributed by atoms with Gasteiger partial charge in [-0.1, -0.05) is 6.07 Å². The zero-order chi connectivity index (χ0) is 15.3. The smallest absolute Gasteiger partial charge is 0.250 e. The third kappa shape index (κ3) is 5.84. The first-order chi connectivity index (χ1) is 9.17. The number of rotatable bonds is 4. The number of aryl methyl sites for hydroxylation is 1. The van der Waals surface area contributed by atoms with E-state index in [-0.39, 0.29) is 24.0 Å². The molecule has 0 saturated heterocycles. The van der Waals surface area contributed by atoms with Crippen LogP contribution in [0.25, 0.3) is 0 Å². The van der Waals surface area contributed by atoms with Crippen LogP contribution in [0.2, 0.25) is 0 Å². The summed E-state index contributed by atoms with van der Waals surface area (Å²) in [6.07, 6.45) is 0. The number of carbonyl (C=O) groups is 2. The molecule has 2 N–H and O–H groups in total. The van der Waals surface area contributed by atoms with Gasteiger partial charge in [-0.05, 0) is 45.4 Å². The Balaban J connectivity index is 2.68. The Bertz CT molecular complexity index is 504. The predicted molar refractivity (Wildman–Crippen MR) is 79.8 cm³/mol. The maximum atomic E-state index is 11.8. The maximum Gasteiger partial charge on any atom is 0.250 e. The Morgan fingerprint density at radius 3 is 2.40 bits per heavy atom. The molecule has 0 spiro atoms. The van der Waals surface area contributed by atoms with E-state index in [0.29, 0.717) is 11.4 Å². The highest BCUT2D eigenvalue weighted by atomic mass is 16.5. The fourth-order valence-electron chi connectivity index (χ4n) is 1.50. The zero-order valence-corrected chi connectivity index (χ0v) is 12.7. The molecule has 0 fully saturated rings. The molecule has 0 atom stereocenters. The van der Waals surface area contributed by atoms with Crippen LogP contribution in [0.3, 0.4) is 0 Å². The van der Waals surface area contributed by atoms with Crippen LogP contribution in [-0.4, -0.2) is 24.0 Å². The van der Waals surface area contributed by atoms with Crippen LogP contribution in [0.15, 0.2) is 18.2 Å². The number of nitrogens with one attached hydrogen (secondary N) is 2. The minimum atomic E-state index is -0.355. The van der Waals surface area contributed by atoms with Crippen molar-refractivity contribution in [3.8, 4) is 0 Å². The largest absolute Gasteiger partial charge is 0.366 e. The van der Waals surface area contributed by atoms with Gasteiger partial charge in [-0.15, -0.1) is 0 Å². The normalized spacial score (nSPS) is 11.1. The molecule has 0 bridgehead atoms. The highest BCUT2D eigenvalue weighted by molar-refractivity contribution is 5.94. The molecule has 0 aromatic heterocycles. The van der Waals surface area contributed by atoms with Crippen LogP contribution in [0.4, 0.5) is 11.4 Å². The molecule has 1 aromatic rings. The summed E-state index contributed by atoms with van der Waals surface area (Å²) in [7, 11) is 0. The Labute approximate surface area is 119 Å². The summed E-state index contributed by atoms with van der Waals surface area (Å²) in [6, 6.07) is 5.35. The van der Waals surface area contributed by atoms with E-state index in [1.54, 1.807) is 12.1 Å². The van der Waals surface area contributed by atoms with Crippen LogP contribution in [0.5, 0.6) is 0 Å². The molecule has 2 amide bonds. The van der Waals surface area contributed by atoms with Gasteiger partial charge in [-0.2, -0.15) is 0 Å². The monoisotopic (exact) mass is 278 g/mol. The lowest BCUT2D eigenvalue weighted by Crippen LogP contribution is -2.27. The van der Waals surface area contributed by atoms with Crippen molar-refractivity contribution in [2.45, 2.75) is 40.2 Å². The van der Waals surface area contributed by atoms with Crippen molar-refractivity contribution in [2.75, 3.05) is 17.2 Å². The van der Waals surface area contributed by atoms with Gasteiger partial charge in [0, 0.05) is 18.3 Å². The summed E-state index contributed by atoms with van der Waals surface area (Å²) < 4.78 is 5.40. The predicted octanol–water partition coefficient (Wildman–Crippen LogP) is 2.71. The SMILES string of the molecule is CC(=O)Nc1cc(NC(=O)COC(C)(C)C)ccc1C. The van der Waals surface area contributed by atoms with E-state index in [1.807, 2.05) is 33.8 Å². The number of ether oxygens (including phenoxy) is 1. The van der Waals surface area contributed by atoms with E-state index < -0.39 is 0 Å². The van der Waals surface area contributed by atoms with Crippen molar-refractivity contribution in [2.24, 2.45) is 0 Å². The molecule has 0 saturated carbocycles. The Morgan fingerprint density at radius 2 is 1.85 bits per heavy atom. The third-order valence-corrected chi connectivity index (χ3v) is 2.47. The fourth-order valence-corrected chi connectivity index (χ4v) is 1.50. The first kappa shape index (κ1) is 16.2. The quantitative estimate of drug-likeness (QED) is 0.889. The van der Waals surface area contributed by atoms with E-state index in [0.717, 1.165) is 5.56 Å². The Hall–Kier alpha value is -1.88. The van der Waals surface area contributed by atoms with Crippen molar-refractivity contribution in [3.05, 3.63) is 23.8 Å². The first-order valence-electron chi connectivity index (χ1n) is 6.49. The number of carbonyl (C=O) groups excluding carboxylic acids is 2. The van der Waals surface area contributed by atoms with Gasteiger partial charge in [-0.25, -0.2) is 0 Å². The van der Waals surface area contributed by atoms with Gasteiger partial charge < -0.3 is 15.4 Å². The van der Waals surface area contributed by atoms with Crippen molar-refractivity contribution in [1.29, 1.82) is 0 Å². The molecule has 1 rings (SSSR count). The molecular formula is C15H22N2O3. The van der Waals surface area contributed by atoms with Crippen molar-refractivity contribution in [3.63, 3.8) is 0 Å². The second-order valence-corrected chi connectivity index (χ2v) is 5.66. The van der Waals surface area contributed by atoms with E-state index in [9.17, 15) is 9.59 Å². The molecule has 0 aliphatic heterocycles. The van der Waals surface area contributed by atoms with E-state index >= 15 is 0 Å². The molecule has 110 valence electrons. The van der Waals surface area contributed by atoms with Crippen LogP contribution in [0, 0.1) is 6.92 Å². The van der Waals surface area contributed by atoms with Gasteiger partial charge >= 0.3 is 0 Å². The number of amides is 2. The lowest BCUT2D eigenvalue weighted by Gasteiger charge is -2.19. The molecular weight excluding hydrogens is 256 g/mol. The summed E-state index contributed by atoms with van der Waals surface area (Å²) in [4.78, 5) is 22.8. The van der Waals surface area contributed by atoms with Crippen molar-refractivity contribution in [1.82, 2.24) is 0 Å². The van der Waals surface area contributed by atoms with Crippen molar-refractivity contribution >= 4 is 23.2 Å². The van der Waals surface area contributed by atoms with E-state index in [2.05, 4.69) is 10.6 Å². The van der Waals surface area contributed by atoms with Gasteiger partial charge in [0.15, 0.2) is 0 Å². The van der Waals surface area contributed by atoms with Crippen molar-refractivity contribution < 1.29 is 14.3 Å². The van der Waals surface area contributed by atoms with Gasteiger partial charge in [0.25, 0.3) is 0 Å². The van der Waals surface area contributed by atoms with Gasteiger partial charge in [-0.3, -0.25) is 9.59 Å². The topological polar surface area (TPSA) is 67.4 Å². The minimum absolute atomic E-state index is 0.00710. The molecule has 0 unspecified atom stereocenters. The van der Waals surface area contributed by atoms with Gasteiger partial charge in [0.2, 0.25) is 11.8 Å². The first-order valence-corrected chi connectivity index (χ1v) is 6.49. The summed E-state index contributed by atoms with van der Waals surface area (Å²) >= 11 is 0. The second-order valence-electron chi connectivity index (χ2n) is 5.66. The third-order valence-electron chi connectivity index (χ3n) is 2.47. The van der Waals surface area contributed by atoms with E-state index in [1.165, 1.54) is 6.92 Å². The average molecular weight is 278 g/mol. The molecule has 0 radical (unpaired) electrons. The summed E-state index contributed by atoms with van der Waals surface area (Å²) in [5.74, 6) is -0.370. The molecule has 1 aromatic carbocycles. The zero-order valence-electron chi connectivity index (χ0n) is 12.7. The molecule has 20 heavy (non-hydrogen) atoms. The summed E-state index contributed by atoms with van der Waals surface area (Å²) in [5, 5.41) is 5.46. The molecule has 0 heterocycles. The minimum Gasteiger partial charge on any atom is -0.366 e. The standard InChI is InChI=1S/C15H22N2O3/c1-10-6-7-12(8-13(10)16-11(2)18)17-14(19)9-20-15(3,4)5/h6-8H,9H2,1-5H3,(H,16,18)(H,17,19). The number of benzene rings is 1. The fraction of sp³-hybridized carbons (Fsp3) is 0.467. The van der Waals surface area contributed by atoms with Crippen LogP contribution < -0.4 is 10.6 Å². The van der Waals surface area contributed by atoms with Crippen LogP contribution in [0.1, 0.15) is 33.3 Å². The summed E-state index contributed by atoms with van der Waals surface area (Å²) in [6.45, 7) is 9.00. The van der Waals surface area contributed by atoms with Gasteiger partial charge in [0.05, 0.1) is 5.60 Å². The Morgan fingerprint density at radius 1 is 1.20 bits per heavy atom. The second kappa shape index (κ2) is 6.52. The summed E-state index contributed by atoms with van der Waals surface area (Å²) in [5.41, 5.74) is 1.89. The molecule has 5 heteroatoms. The number of hydrogen-bond acceptors (Lipinski definition) is 3. The average Bonchev–Trinajstić information content (AvgIpc) is 2.29.